The van der Waals surface area contributed by atoms with Crippen LogP contribution in [-0.2, 0) is 4.79 Å². The van der Waals surface area contributed by atoms with E-state index in [0.29, 0.717) is 5.75 Å². The van der Waals surface area contributed by atoms with Crippen LogP contribution in [0.5, 0.6) is 11.5 Å². The highest BCUT2D eigenvalue weighted by Gasteiger charge is 2.08. The molecule has 1 N–H and O–H groups in total. The van der Waals surface area contributed by atoms with Gasteiger partial charge in [-0.2, -0.15) is 0 Å². The molecule has 0 amide bonds. The van der Waals surface area contributed by atoms with Crippen LogP contribution >= 0.6 is 22.6 Å². The van der Waals surface area contributed by atoms with E-state index in [2.05, 4.69) is 22.6 Å². The number of halogens is 1. The smallest absolute Gasteiger partial charge is 0.308 e. The second kappa shape index (κ2) is 3.95. The number of carbonyl (C=O) groups is 1. The molecule has 0 saturated carbocycles. The zero-order chi connectivity index (χ0) is 10.0. The molecule has 1 rings (SSSR count). The van der Waals surface area contributed by atoms with Crippen molar-refractivity contribution >= 4 is 28.6 Å². The molecule has 0 heterocycles. The number of aryl methyl sites for hydroxylation is 1. The van der Waals surface area contributed by atoms with Gasteiger partial charge in [0.2, 0.25) is 0 Å². The molecule has 0 saturated heterocycles. The summed E-state index contributed by atoms with van der Waals surface area (Å²) in [5, 5.41) is 9.24. The lowest BCUT2D eigenvalue weighted by molar-refractivity contribution is -0.131. The second-order valence-corrected chi connectivity index (χ2v) is 3.75. The molecule has 1 aromatic rings. The molecule has 0 bridgehead atoms. The zero-order valence-corrected chi connectivity index (χ0v) is 9.45. The van der Waals surface area contributed by atoms with E-state index < -0.39 is 0 Å². The first-order chi connectivity index (χ1) is 6.00. The van der Waals surface area contributed by atoms with Crippen molar-refractivity contribution in [3.63, 3.8) is 0 Å². The number of carbonyl (C=O) groups excluding carboxylic acids is 1. The summed E-state index contributed by atoms with van der Waals surface area (Å²) in [5.74, 6) is 0.127. The van der Waals surface area contributed by atoms with Gasteiger partial charge in [0.25, 0.3) is 0 Å². The Morgan fingerprint density at radius 1 is 1.54 bits per heavy atom. The molecule has 70 valence electrons. The summed E-state index contributed by atoms with van der Waals surface area (Å²) >= 11 is 2.07. The number of esters is 1. The Hall–Kier alpha value is -0.780. The third kappa shape index (κ3) is 2.58. The van der Waals surface area contributed by atoms with E-state index >= 15 is 0 Å². The molecule has 0 aromatic heterocycles. The Bertz CT molecular complexity index is 347. The van der Waals surface area contributed by atoms with Crippen LogP contribution in [-0.4, -0.2) is 11.1 Å². The van der Waals surface area contributed by atoms with Crippen LogP contribution in [0.25, 0.3) is 0 Å². The van der Waals surface area contributed by atoms with Crippen LogP contribution in [0.4, 0.5) is 0 Å². The minimum atomic E-state index is -0.386. The minimum absolute atomic E-state index is 0.106. The van der Waals surface area contributed by atoms with E-state index in [-0.39, 0.29) is 11.7 Å². The van der Waals surface area contributed by atoms with Crippen molar-refractivity contribution in [2.24, 2.45) is 0 Å². The summed E-state index contributed by atoms with van der Waals surface area (Å²) in [4.78, 5) is 10.7. The monoisotopic (exact) mass is 292 g/mol. The summed E-state index contributed by atoms with van der Waals surface area (Å²) < 4.78 is 5.74. The van der Waals surface area contributed by atoms with Gasteiger partial charge in [-0.15, -0.1) is 0 Å². The third-order valence-electron chi connectivity index (χ3n) is 1.46. The van der Waals surface area contributed by atoms with Crippen LogP contribution in [0.1, 0.15) is 12.5 Å². The number of benzene rings is 1. The molecule has 0 fully saturated rings. The molecule has 0 atom stereocenters. The first-order valence-corrected chi connectivity index (χ1v) is 4.76. The van der Waals surface area contributed by atoms with Gasteiger partial charge in [0, 0.05) is 13.0 Å². The van der Waals surface area contributed by atoms with Gasteiger partial charge in [0.05, 0.1) is 3.57 Å². The molecule has 0 aliphatic carbocycles. The van der Waals surface area contributed by atoms with Crippen LogP contribution in [0.15, 0.2) is 12.1 Å². The molecule has 1 aromatic carbocycles. The van der Waals surface area contributed by atoms with Gasteiger partial charge in [-0.3, -0.25) is 4.79 Å². The molecular formula is C9H9IO3. The lowest BCUT2D eigenvalue weighted by atomic mass is 10.2. The number of phenols is 1. The van der Waals surface area contributed by atoms with Crippen molar-refractivity contribution in [3.8, 4) is 11.5 Å². The predicted octanol–water partition coefficient (Wildman–Crippen LogP) is 2.23. The first-order valence-electron chi connectivity index (χ1n) is 3.68. The third-order valence-corrected chi connectivity index (χ3v) is 2.84. The number of phenolic OH excluding ortho intramolecular Hbond substituents is 1. The maximum Gasteiger partial charge on any atom is 0.308 e. The Morgan fingerprint density at radius 2 is 2.15 bits per heavy atom. The molecular weight excluding hydrogens is 283 g/mol. The van der Waals surface area contributed by atoms with Crippen molar-refractivity contribution in [2.75, 3.05) is 0 Å². The van der Waals surface area contributed by atoms with E-state index in [4.69, 9.17) is 4.74 Å². The van der Waals surface area contributed by atoms with E-state index in [1.807, 2.05) is 6.92 Å². The van der Waals surface area contributed by atoms with Crippen LogP contribution in [0.2, 0.25) is 0 Å². The number of hydrogen-bond acceptors (Lipinski definition) is 3. The van der Waals surface area contributed by atoms with Gasteiger partial charge in [0.15, 0.2) is 0 Å². The highest BCUT2D eigenvalue weighted by Crippen LogP contribution is 2.29. The molecule has 13 heavy (non-hydrogen) atoms. The van der Waals surface area contributed by atoms with Gasteiger partial charge in [-0.1, -0.05) is 0 Å². The Labute approximate surface area is 89.9 Å². The van der Waals surface area contributed by atoms with Crippen molar-refractivity contribution in [3.05, 3.63) is 21.3 Å². The van der Waals surface area contributed by atoms with Crippen LogP contribution < -0.4 is 4.74 Å². The number of hydrogen-bond donors (Lipinski definition) is 1. The molecule has 0 aliphatic heterocycles. The normalized spacial score (nSPS) is 9.77. The molecule has 4 heteroatoms. The van der Waals surface area contributed by atoms with Crippen molar-refractivity contribution < 1.29 is 14.6 Å². The minimum Gasteiger partial charge on any atom is -0.508 e. The molecule has 0 spiro atoms. The maximum atomic E-state index is 10.7. The predicted molar refractivity (Wildman–Crippen MR) is 56.9 cm³/mol. The van der Waals surface area contributed by atoms with Crippen LogP contribution in [0, 0.1) is 10.5 Å². The standard InChI is InChI=1S/C9H9IO3/c1-5-3-7(12)4-8(9(5)10)13-6(2)11/h3-4,12H,1-2H3. The van der Waals surface area contributed by atoms with E-state index in [1.54, 1.807) is 6.07 Å². The van der Waals surface area contributed by atoms with Gasteiger partial charge < -0.3 is 9.84 Å². The quantitative estimate of drug-likeness (QED) is 0.490. The molecule has 0 radical (unpaired) electrons. The van der Waals surface area contributed by atoms with E-state index in [1.165, 1.54) is 13.0 Å². The fourth-order valence-corrected chi connectivity index (χ4v) is 1.37. The maximum absolute atomic E-state index is 10.7. The zero-order valence-electron chi connectivity index (χ0n) is 7.30. The summed E-state index contributed by atoms with van der Waals surface area (Å²) in [6.07, 6.45) is 0. The number of aromatic hydroxyl groups is 1. The molecule has 0 unspecified atom stereocenters. The average molecular weight is 292 g/mol. The Balaban J connectivity index is 3.12. The average Bonchev–Trinajstić information content (AvgIpc) is 1.98. The Morgan fingerprint density at radius 3 is 2.69 bits per heavy atom. The second-order valence-electron chi connectivity index (χ2n) is 2.67. The fourth-order valence-electron chi connectivity index (χ4n) is 0.948. The lowest BCUT2D eigenvalue weighted by Gasteiger charge is -2.06. The number of rotatable bonds is 1. The summed E-state index contributed by atoms with van der Waals surface area (Å²) in [6, 6.07) is 3.05. The van der Waals surface area contributed by atoms with Gasteiger partial charge in [-0.05, 0) is 41.1 Å². The molecule has 3 nitrogen and oxygen atoms in total. The topological polar surface area (TPSA) is 46.5 Å². The molecule has 0 aliphatic rings. The number of ether oxygens (including phenoxy) is 1. The largest absolute Gasteiger partial charge is 0.508 e. The van der Waals surface area contributed by atoms with Crippen molar-refractivity contribution in [1.82, 2.24) is 0 Å². The highest BCUT2D eigenvalue weighted by atomic mass is 127. The summed E-state index contributed by atoms with van der Waals surface area (Å²) in [5.41, 5.74) is 0.886. The fraction of sp³-hybridized carbons (Fsp3) is 0.222. The summed E-state index contributed by atoms with van der Waals surface area (Å²) in [7, 11) is 0. The van der Waals surface area contributed by atoms with E-state index in [0.717, 1.165) is 9.13 Å². The van der Waals surface area contributed by atoms with Crippen molar-refractivity contribution in [1.29, 1.82) is 0 Å². The highest BCUT2D eigenvalue weighted by molar-refractivity contribution is 14.1. The summed E-state index contributed by atoms with van der Waals surface area (Å²) in [6.45, 7) is 3.17. The lowest BCUT2D eigenvalue weighted by Crippen LogP contribution is -2.03. The van der Waals surface area contributed by atoms with E-state index in [9.17, 15) is 9.90 Å². The Kier molecular flexibility index (Phi) is 3.13. The van der Waals surface area contributed by atoms with Gasteiger partial charge >= 0.3 is 5.97 Å². The SMILES string of the molecule is CC(=O)Oc1cc(O)cc(C)c1I. The van der Waals surface area contributed by atoms with Gasteiger partial charge in [0.1, 0.15) is 11.5 Å². The van der Waals surface area contributed by atoms with Gasteiger partial charge in [-0.25, -0.2) is 0 Å². The van der Waals surface area contributed by atoms with Crippen molar-refractivity contribution in [2.45, 2.75) is 13.8 Å². The first kappa shape index (κ1) is 10.3. The van der Waals surface area contributed by atoms with Crippen LogP contribution in [0.3, 0.4) is 0 Å².